The molecular weight excluding hydrogens is 294 g/mol. The number of fused-ring (bicyclic) bond motifs is 1. The third-order valence-electron chi connectivity index (χ3n) is 4.35. The molecular formula is C18H25NS2. The van der Waals surface area contributed by atoms with E-state index in [1.54, 1.807) is 10.4 Å². The van der Waals surface area contributed by atoms with Gasteiger partial charge in [-0.25, -0.2) is 0 Å². The minimum absolute atomic E-state index is 0.386. The van der Waals surface area contributed by atoms with E-state index in [1.165, 1.54) is 52.3 Å². The average Bonchev–Trinajstić information content (AvgIpc) is 2.92. The summed E-state index contributed by atoms with van der Waals surface area (Å²) in [7, 11) is 0. The fourth-order valence-corrected chi connectivity index (χ4v) is 5.65. The molecule has 1 aliphatic rings. The Balaban J connectivity index is 1.96. The fourth-order valence-electron chi connectivity index (χ4n) is 3.34. The Kier molecular flexibility index (Phi) is 4.82. The van der Waals surface area contributed by atoms with Crippen LogP contribution in [0.25, 0.3) is 0 Å². The molecule has 0 fully saturated rings. The van der Waals surface area contributed by atoms with Gasteiger partial charge in [-0.05, 0) is 69.3 Å². The van der Waals surface area contributed by atoms with Gasteiger partial charge in [0.05, 0.1) is 6.04 Å². The SMILES string of the molecule is CCNC(c1cc2c(s1)CCCCC2)c1cc(C)sc1C. The second-order valence-electron chi connectivity index (χ2n) is 6.02. The molecule has 1 aliphatic carbocycles. The maximum absolute atomic E-state index is 3.71. The molecule has 0 aliphatic heterocycles. The van der Waals surface area contributed by atoms with Crippen molar-refractivity contribution in [1.82, 2.24) is 5.32 Å². The van der Waals surface area contributed by atoms with E-state index in [-0.39, 0.29) is 0 Å². The maximum Gasteiger partial charge on any atom is 0.0682 e. The van der Waals surface area contributed by atoms with Crippen molar-refractivity contribution in [3.05, 3.63) is 42.8 Å². The minimum Gasteiger partial charge on any atom is -0.306 e. The van der Waals surface area contributed by atoms with Gasteiger partial charge in [0, 0.05) is 19.5 Å². The first-order valence-corrected chi connectivity index (χ1v) is 9.74. The van der Waals surface area contributed by atoms with E-state index in [1.807, 2.05) is 11.3 Å². The van der Waals surface area contributed by atoms with Gasteiger partial charge in [0.25, 0.3) is 0 Å². The molecule has 1 unspecified atom stereocenters. The van der Waals surface area contributed by atoms with Crippen molar-refractivity contribution in [3.8, 4) is 0 Å². The molecule has 3 heteroatoms. The number of rotatable bonds is 4. The largest absolute Gasteiger partial charge is 0.306 e. The smallest absolute Gasteiger partial charge is 0.0682 e. The molecule has 0 radical (unpaired) electrons. The highest BCUT2D eigenvalue weighted by atomic mass is 32.1. The van der Waals surface area contributed by atoms with Crippen molar-refractivity contribution >= 4 is 22.7 Å². The second-order valence-corrected chi connectivity index (χ2v) is 8.65. The number of thiophene rings is 2. The first-order valence-electron chi connectivity index (χ1n) is 8.10. The van der Waals surface area contributed by atoms with Gasteiger partial charge in [0.15, 0.2) is 0 Å². The fraction of sp³-hybridized carbons (Fsp3) is 0.556. The van der Waals surface area contributed by atoms with E-state index >= 15 is 0 Å². The number of hydrogen-bond donors (Lipinski definition) is 1. The molecule has 0 spiro atoms. The Bertz CT molecular complexity index is 585. The Morgan fingerprint density at radius 3 is 2.62 bits per heavy atom. The highest BCUT2D eigenvalue weighted by molar-refractivity contribution is 7.12. The van der Waals surface area contributed by atoms with Gasteiger partial charge in [-0.3, -0.25) is 0 Å². The third kappa shape index (κ3) is 3.25. The molecule has 114 valence electrons. The van der Waals surface area contributed by atoms with Crippen LogP contribution in [0.15, 0.2) is 12.1 Å². The lowest BCUT2D eigenvalue weighted by Crippen LogP contribution is -2.21. The molecule has 21 heavy (non-hydrogen) atoms. The van der Waals surface area contributed by atoms with Crippen molar-refractivity contribution in [2.24, 2.45) is 0 Å². The van der Waals surface area contributed by atoms with E-state index in [2.05, 4.69) is 49.6 Å². The molecule has 2 heterocycles. The molecule has 3 rings (SSSR count). The number of hydrogen-bond acceptors (Lipinski definition) is 3. The van der Waals surface area contributed by atoms with Crippen LogP contribution in [0.1, 0.15) is 62.9 Å². The van der Waals surface area contributed by atoms with Crippen LogP contribution in [0.5, 0.6) is 0 Å². The molecule has 1 atom stereocenters. The Labute approximate surface area is 136 Å². The summed E-state index contributed by atoms with van der Waals surface area (Å²) in [6.45, 7) is 7.70. The topological polar surface area (TPSA) is 12.0 Å². The normalized spacial score (nSPS) is 16.5. The van der Waals surface area contributed by atoms with Gasteiger partial charge in [-0.2, -0.15) is 0 Å². The summed E-state index contributed by atoms with van der Waals surface area (Å²) in [6, 6.07) is 5.25. The van der Waals surface area contributed by atoms with E-state index in [0.29, 0.717) is 6.04 Å². The van der Waals surface area contributed by atoms with Crippen molar-refractivity contribution in [2.75, 3.05) is 6.54 Å². The summed E-state index contributed by atoms with van der Waals surface area (Å²) in [5.41, 5.74) is 3.11. The predicted octanol–water partition coefficient (Wildman–Crippen LogP) is 5.39. The van der Waals surface area contributed by atoms with Crippen LogP contribution >= 0.6 is 22.7 Å². The Morgan fingerprint density at radius 1 is 1.10 bits per heavy atom. The predicted molar refractivity (Wildman–Crippen MR) is 94.9 cm³/mol. The summed E-state index contributed by atoms with van der Waals surface area (Å²) in [6.07, 6.45) is 6.71. The lowest BCUT2D eigenvalue weighted by atomic mass is 10.0. The van der Waals surface area contributed by atoms with Gasteiger partial charge in [-0.15, -0.1) is 22.7 Å². The highest BCUT2D eigenvalue weighted by Crippen LogP contribution is 2.37. The van der Waals surface area contributed by atoms with Crippen LogP contribution in [-0.2, 0) is 12.8 Å². The summed E-state index contributed by atoms with van der Waals surface area (Å²) >= 11 is 3.97. The minimum atomic E-state index is 0.386. The van der Waals surface area contributed by atoms with Crippen LogP contribution in [0.4, 0.5) is 0 Å². The lowest BCUT2D eigenvalue weighted by molar-refractivity contribution is 0.638. The van der Waals surface area contributed by atoms with Gasteiger partial charge in [0.1, 0.15) is 0 Å². The highest BCUT2D eigenvalue weighted by Gasteiger charge is 2.21. The zero-order valence-corrected chi connectivity index (χ0v) is 14.9. The summed E-state index contributed by atoms with van der Waals surface area (Å²) in [5.74, 6) is 0. The summed E-state index contributed by atoms with van der Waals surface area (Å²) in [5, 5.41) is 3.71. The molecule has 1 N–H and O–H groups in total. The van der Waals surface area contributed by atoms with Gasteiger partial charge < -0.3 is 5.32 Å². The molecule has 2 aromatic heterocycles. The molecule has 0 saturated carbocycles. The lowest BCUT2D eigenvalue weighted by Gasteiger charge is -2.16. The summed E-state index contributed by atoms with van der Waals surface area (Å²) in [4.78, 5) is 6.05. The van der Waals surface area contributed by atoms with Crippen LogP contribution < -0.4 is 5.32 Å². The quantitative estimate of drug-likeness (QED) is 0.745. The average molecular weight is 320 g/mol. The Morgan fingerprint density at radius 2 is 1.90 bits per heavy atom. The van der Waals surface area contributed by atoms with Gasteiger partial charge >= 0.3 is 0 Å². The van der Waals surface area contributed by atoms with E-state index in [9.17, 15) is 0 Å². The zero-order chi connectivity index (χ0) is 14.8. The monoisotopic (exact) mass is 319 g/mol. The first-order chi connectivity index (χ1) is 10.2. The van der Waals surface area contributed by atoms with Crippen molar-refractivity contribution in [3.63, 3.8) is 0 Å². The molecule has 0 aromatic carbocycles. The summed E-state index contributed by atoms with van der Waals surface area (Å²) < 4.78 is 0. The van der Waals surface area contributed by atoms with Crippen LogP contribution in [0, 0.1) is 13.8 Å². The van der Waals surface area contributed by atoms with Crippen LogP contribution in [-0.4, -0.2) is 6.54 Å². The van der Waals surface area contributed by atoms with Gasteiger partial charge in [-0.1, -0.05) is 13.3 Å². The van der Waals surface area contributed by atoms with Crippen molar-refractivity contribution < 1.29 is 0 Å². The number of aryl methyl sites for hydroxylation is 4. The third-order valence-corrected chi connectivity index (χ3v) is 6.63. The molecule has 0 amide bonds. The van der Waals surface area contributed by atoms with E-state index in [0.717, 1.165) is 6.54 Å². The van der Waals surface area contributed by atoms with E-state index < -0.39 is 0 Å². The maximum atomic E-state index is 3.71. The number of nitrogens with one attached hydrogen (secondary N) is 1. The molecule has 0 saturated heterocycles. The van der Waals surface area contributed by atoms with Gasteiger partial charge in [0.2, 0.25) is 0 Å². The van der Waals surface area contributed by atoms with E-state index in [4.69, 9.17) is 0 Å². The van der Waals surface area contributed by atoms with Crippen LogP contribution in [0.2, 0.25) is 0 Å². The molecule has 2 aromatic rings. The standard InChI is InChI=1S/C18H25NS2/c1-4-19-18(15-10-12(2)20-13(15)3)17-11-14-8-6-5-7-9-16(14)21-17/h10-11,18-19H,4-9H2,1-3H3. The molecule has 0 bridgehead atoms. The van der Waals surface area contributed by atoms with Crippen molar-refractivity contribution in [1.29, 1.82) is 0 Å². The zero-order valence-electron chi connectivity index (χ0n) is 13.3. The molecule has 1 nitrogen and oxygen atoms in total. The first kappa shape index (κ1) is 15.3. The Hall–Kier alpha value is -0.640. The van der Waals surface area contributed by atoms with Crippen LogP contribution in [0.3, 0.4) is 0 Å². The van der Waals surface area contributed by atoms with Crippen molar-refractivity contribution in [2.45, 2.75) is 58.9 Å². The second kappa shape index (κ2) is 6.64.